The highest BCUT2D eigenvalue weighted by molar-refractivity contribution is 9.10. The number of nitrogens with one attached hydrogen (secondary N) is 1. The van der Waals surface area contributed by atoms with Crippen molar-refractivity contribution < 1.29 is 0 Å². The number of anilines is 2. The molecule has 1 unspecified atom stereocenters. The normalized spacial score (nSPS) is 23.0. The minimum absolute atomic E-state index is 0.164. The van der Waals surface area contributed by atoms with Crippen molar-refractivity contribution in [2.75, 3.05) is 29.9 Å². The molecule has 3 aliphatic rings. The molecule has 26 heavy (non-hydrogen) atoms. The number of piperidine rings is 1. The molecule has 1 fully saturated rings. The number of nitrogens with zero attached hydrogens (tertiary/aromatic N) is 3. The molecule has 6 heteroatoms. The quantitative estimate of drug-likeness (QED) is 0.694. The SMILES string of the molecule is CC1CCc2ncnc(N3CCC4(CC3)CNc3ccc(Cl)c(Br)c34)c21. The first-order chi connectivity index (χ1) is 12.6. The summed E-state index contributed by atoms with van der Waals surface area (Å²) in [5.41, 5.74) is 5.40. The second-order valence-electron chi connectivity index (χ2n) is 7.90. The summed E-state index contributed by atoms with van der Waals surface area (Å²) < 4.78 is 1.06. The van der Waals surface area contributed by atoms with E-state index in [9.17, 15) is 0 Å². The average Bonchev–Trinajstić information content (AvgIpc) is 3.21. The van der Waals surface area contributed by atoms with Gasteiger partial charge in [-0.05, 0) is 65.2 Å². The van der Waals surface area contributed by atoms with Gasteiger partial charge in [-0.25, -0.2) is 9.97 Å². The highest BCUT2D eigenvalue weighted by atomic mass is 79.9. The van der Waals surface area contributed by atoms with Gasteiger partial charge < -0.3 is 10.2 Å². The summed E-state index contributed by atoms with van der Waals surface area (Å²) in [6.45, 7) is 5.35. The van der Waals surface area contributed by atoms with Crippen LogP contribution >= 0.6 is 27.5 Å². The van der Waals surface area contributed by atoms with Gasteiger partial charge in [0.15, 0.2) is 0 Å². The fourth-order valence-corrected chi connectivity index (χ4v) is 5.94. The van der Waals surface area contributed by atoms with Crippen LogP contribution in [0.1, 0.15) is 48.9 Å². The molecule has 0 bridgehead atoms. The monoisotopic (exact) mass is 432 g/mol. The number of halogens is 2. The summed E-state index contributed by atoms with van der Waals surface area (Å²) in [5, 5.41) is 4.40. The summed E-state index contributed by atoms with van der Waals surface area (Å²) in [5.74, 6) is 1.74. The lowest BCUT2D eigenvalue weighted by molar-refractivity contribution is 0.359. The first-order valence-electron chi connectivity index (χ1n) is 9.40. The van der Waals surface area contributed by atoms with Gasteiger partial charge in [0.2, 0.25) is 0 Å². The molecule has 1 saturated heterocycles. The van der Waals surface area contributed by atoms with E-state index in [-0.39, 0.29) is 5.41 Å². The Kier molecular flexibility index (Phi) is 3.94. The number of aromatic nitrogens is 2. The van der Waals surface area contributed by atoms with Crippen molar-refractivity contribution in [2.24, 2.45) is 0 Å². The van der Waals surface area contributed by atoms with E-state index in [4.69, 9.17) is 11.6 Å². The summed E-state index contributed by atoms with van der Waals surface area (Å²) in [4.78, 5) is 11.7. The van der Waals surface area contributed by atoms with Gasteiger partial charge in [-0.1, -0.05) is 18.5 Å². The Hall–Kier alpha value is -1.33. The molecule has 1 N–H and O–H groups in total. The Bertz CT molecular complexity index is 876. The lowest BCUT2D eigenvalue weighted by atomic mass is 9.74. The molecule has 1 atom stereocenters. The van der Waals surface area contributed by atoms with Gasteiger partial charge in [0.1, 0.15) is 12.1 Å². The molecule has 5 rings (SSSR count). The van der Waals surface area contributed by atoms with Crippen LogP contribution in [0.25, 0.3) is 0 Å². The van der Waals surface area contributed by atoms with Gasteiger partial charge in [-0.3, -0.25) is 0 Å². The molecule has 1 aromatic heterocycles. The number of hydrogen-bond donors (Lipinski definition) is 1. The second-order valence-corrected chi connectivity index (χ2v) is 9.10. The van der Waals surface area contributed by atoms with Gasteiger partial charge in [-0.15, -0.1) is 0 Å². The van der Waals surface area contributed by atoms with E-state index in [1.807, 2.05) is 6.07 Å². The molecule has 3 heterocycles. The highest BCUT2D eigenvalue weighted by Crippen LogP contribution is 2.50. The van der Waals surface area contributed by atoms with Crippen molar-refractivity contribution in [3.05, 3.63) is 44.8 Å². The fraction of sp³-hybridized carbons (Fsp3) is 0.500. The van der Waals surface area contributed by atoms with E-state index in [0.29, 0.717) is 5.92 Å². The summed E-state index contributed by atoms with van der Waals surface area (Å²) in [6.07, 6.45) is 6.26. The third kappa shape index (κ3) is 2.40. The largest absolute Gasteiger partial charge is 0.384 e. The molecule has 2 aliphatic heterocycles. The number of fused-ring (bicyclic) bond motifs is 3. The van der Waals surface area contributed by atoms with E-state index in [1.54, 1.807) is 6.33 Å². The second kappa shape index (κ2) is 6.10. The summed E-state index contributed by atoms with van der Waals surface area (Å²) >= 11 is 10.1. The van der Waals surface area contributed by atoms with E-state index in [0.717, 1.165) is 48.4 Å². The Morgan fingerprint density at radius 2 is 2.08 bits per heavy atom. The zero-order valence-electron chi connectivity index (χ0n) is 14.9. The van der Waals surface area contributed by atoms with Crippen LogP contribution < -0.4 is 10.2 Å². The lowest BCUT2D eigenvalue weighted by Crippen LogP contribution is -2.44. The van der Waals surface area contributed by atoms with Crippen LogP contribution in [-0.4, -0.2) is 29.6 Å². The molecule has 1 aliphatic carbocycles. The van der Waals surface area contributed by atoms with Crippen LogP contribution in [0.5, 0.6) is 0 Å². The number of hydrogen-bond acceptors (Lipinski definition) is 4. The van der Waals surface area contributed by atoms with Crippen LogP contribution in [0, 0.1) is 0 Å². The standard InChI is InChI=1S/C20H22BrClN4/c1-12-2-4-14-16(12)19(25-11-24-14)26-8-6-20(7-9-26)10-23-15-5-3-13(22)18(21)17(15)20/h3,5,11-12,23H,2,4,6-10H2,1H3. The molecule has 1 aromatic carbocycles. The minimum Gasteiger partial charge on any atom is -0.384 e. The maximum absolute atomic E-state index is 6.40. The van der Waals surface area contributed by atoms with Gasteiger partial charge in [0.05, 0.1) is 5.02 Å². The third-order valence-corrected chi connectivity index (χ3v) is 7.88. The molecule has 0 saturated carbocycles. The van der Waals surface area contributed by atoms with Crippen molar-refractivity contribution in [1.82, 2.24) is 9.97 Å². The summed E-state index contributed by atoms with van der Waals surface area (Å²) in [7, 11) is 0. The molecule has 2 aromatic rings. The topological polar surface area (TPSA) is 41.1 Å². The van der Waals surface area contributed by atoms with Gasteiger partial charge >= 0.3 is 0 Å². The predicted molar refractivity (Wildman–Crippen MR) is 110 cm³/mol. The fourth-order valence-electron chi connectivity index (χ4n) is 5.02. The van der Waals surface area contributed by atoms with Crippen molar-refractivity contribution in [3.63, 3.8) is 0 Å². The van der Waals surface area contributed by atoms with Gasteiger partial charge in [-0.2, -0.15) is 0 Å². The van der Waals surface area contributed by atoms with Crippen molar-refractivity contribution in [2.45, 2.75) is 43.9 Å². The number of rotatable bonds is 1. The maximum atomic E-state index is 6.40. The van der Waals surface area contributed by atoms with E-state index >= 15 is 0 Å². The highest BCUT2D eigenvalue weighted by Gasteiger charge is 2.44. The van der Waals surface area contributed by atoms with Gasteiger partial charge in [0, 0.05) is 46.5 Å². The molecular weight excluding hydrogens is 412 g/mol. The van der Waals surface area contributed by atoms with Crippen molar-refractivity contribution in [1.29, 1.82) is 0 Å². The van der Waals surface area contributed by atoms with Crippen LogP contribution in [-0.2, 0) is 11.8 Å². The van der Waals surface area contributed by atoms with Gasteiger partial charge in [0.25, 0.3) is 0 Å². The van der Waals surface area contributed by atoms with Crippen molar-refractivity contribution in [3.8, 4) is 0 Å². The van der Waals surface area contributed by atoms with Crippen LogP contribution in [0.2, 0.25) is 5.02 Å². The third-order valence-electron chi connectivity index (χ3n) is 6.51. The Balaban J connectivity index is 1.44. The molecule has 1 spiro atoms. The Labute approximate surface area is 167 Å². The minimum atomic E-state index is 0.164. The molecule has 4 nitrogen and oxygen atoms in total. The van der Waals surface area contributed by atoms with E-state index < -0.39 is 0 Å². The smallest absolute Gasteiger partial charge is 0.135 e. The maximum Gasteiger partial charge on any atom is 0.135 e. The van der Waals surface area contributed by atoms with Crippen LogP contribution in [0.3, 0.4) is 0 Å². The zero-order chi connectivity index (χ0) is 17.9. The summed E-state index contributed by atoms with van der Waals surface area (Å²) in [6, 6.07) is 4.08. The first kappa shape index (κ1) is 16.8. The predicted octanol–water partition coefficient (Wildman–Crippen LogP) is 4.91. The van der Waals surface area contributed by atoms with E-state index in [2.05, 4.69) is 49.1 Å². The number of benzene rings is 1. The van der Waals surface area contributed by atoms with Crippen LogP contribution in [0.15, 0.2) is 22.9 Å². The molecular formula is C20H22BrClN4. The Morgan fingerprint density at radius 3 is 2.88 bits per heavy atom. The van der Waals surface area contributed by atoms with E-state index in [1.165, 1.54) is 34.7 Å². The molecule has 136 valence electrons. The molecule has 0 radical (unpaired) electrons. The van der Waals surface area contributed by atoms with Crippen molar-refractivity contribution >= 4 is 39.0 Å². The number of aryl methyl sites for hydroxylation is 1. The Morgan fingerprint density at radius 1 is 1.27 bits per heavy atom. The average molecular weight is 434 g/mol. The lowest BCUT2D eigenvalue weighted by Gasteiger charge is -2.41. The zero-order valence-corrected chi connectivity index (χ0v) is 17.2. The van der Waals surface area contributed by atoms with Crippen LogP contribution in [0.4, 0.5) is 11.5 Å². The molecule has 0 amide bonds. The first-order valence-corrected chi connectivity index (χ1v) is 10.6.